The van der Waals surface area contributed by atoms with Gasteiger partial charge in [0.2, 0.25) is 0 Å². The highest BCUT2D eigenvalue weighted by Crippen LogP contribution is 2.37. The van der Waals surface area contributed by atoms with E-state index in [1.54, 1.807) is 0 Å². The van der Waals surface area contributed by atoms with Crippen LogP contribution in [-0.4, -0.2) is 12.4 Å². The standard InChI is InChI=1S/C28H22N2O/c1-19-13-27-23(15-25(19)29-17-21-9-5-3-6-10-21)24-16-26(20(2)14-28(24)31-27)30-18-22-11-7-4-8-12-22/h3-18H,1-2H3. The van der Waals surface area contributed by atoms with E-state index in [2.05, 4.69) is 38.1 Å². The van der Waals surface area contributed by atoms with E-state index in [-0.39, 0.29) is 0 Å². The maximum Gasteiger partial charge on any atom is 0.135 e. The van der Waals surface area contributed by atoms with E-state index in [0.29, 0.717) is 0 Å². The van der Waals surface area contributed by atoms with Gasteiger partial charge in [-0.25, -0.2) is 0 Å². The first-order chi connectivity index (χ1) is 15.2. The molecule has 0 aliphatic rings. The van der Waals surface area contributed by atoms with Crippen molar-refractivity contribution in [3.63, 3.8) is 0 Å². The zero-order chi connectivity index (χ0) is 21.2. The highest BCUT2D eigenvalue weighted by atomic mass is 16.3. The molecule has 0 bridgehead atoms. The molecule has 5 aromatic rings. The summed E-state index contributed by atoms with van der Waals surface area (Å²) in [5.74, 6) is 0. The third-order valence-corrected chi connectivity index (χ3v) is 5.41. The molecule has 0 aliphatic heterocycles. The van der Waals surface area contributed by atoms with Crippen molar-refractivity contribution in [2.45, 2.75) is 13.8 Å². The van der Waals surface area contributed by atoms with Crippen LogP contribution in [0.15, 0.2) is 99.3 Å². The molecular formula is C28H22N2O. The molecule has 5 rings (SSSR count). The molecule has 1 aromatic heterocycles. The Labute approximate surface area is 181 Å². The van der Waals surface area contributed by atoms with Crippen molar-refractivity contribution >= 4 is 45.7 Å². The van der Waals surface area contributed by atoms with Crippen LogP contribution in [0.3, 0.4) is 0 Å². The Morgan fingerprint density at radius 3 is 1.42 bits per heavy atom. The molecule has 3 nitrogen and oxygen atoms in total. The van der Waals surface area contributed by atoms with Gasteiger partial charge in [-0.2, -0.15) is 0 Å². The van der Waals surface area contributed by atoms with Crippen LogP contribution in [-0.2, 0) is 0 Å². The first-order valence-corrected chi connectivity index (χ1v) is 10.3. The molecule has 1 heterocycles. The molecule has 3 heteroatoms. The molecule has 0 saturated heterocycles. The molecule has 0 fully saturated rings. The van der Waals surface area contributed by atoms with Gasteiger partial charge < -0.3 is 4.42 Å². The zero-order valence-electron chi connectivity index (χ0n) is 17.5. The lowest BCUT2D eigenvalue weighted by atomic mass is 10.1. The Balaban J connectivity index is 1.58. The highest BCUT2D eigenvalue weighted by Gasteiger charge is 2.12. The van der Waals surface area contributed by atoms with Gasteiger partial charge >= 0.3 is 0 Å². The second-order valence-electron chi connectivity index (χ2n) is 7.71. The van der Waals surface area contributed by atoms with E-state index in [1.165, 1.54) is 0 Å². The van der Waals surface area contributed by atoms with Crippen molar-refractivity contribution in [2.75, 3.05) is 0 Å². The SMILES string of the molecule is Cc1cc2oc3cc(C)c(N=Cc4ccccc4)cc3c2cc1N=Cc1ccccc1. The number of aryl methyl sites for hydroxylation is 2. The van der Waals surface area contributed by atoms with Crippen LogP contribution in [0.5, 0.6) is 0 Å². The van der Waals surface area contributed by atoms with Gasteiger partial charge in [-0.05, 0) is 60.4 Å². The number of aliphatic imine (C=N–C) groups is 2. The fourth-order valence-corrected chi connectivity index (χ4v) is 3.69. The molecule has 0 aliphatic carbocycles. The number of nitrogens with zero attached hydrogens (tertiary/aromatic N) is 2. The van der Waals surface area contributed by atoms with E-state index in [4.69, 9.17) is 14.4 Å². The van der Waals surface area contributed by atoms with Crippen molar-refractivity contribution < 1.29 is 4.42 Å². The first-order valence-electron chi connectivity index (χ1n) is 10.3. The van der Waals surface area contributed by atoms with Crippen LogP contribution in [0, 0.1) is 13.8 Å². The quantitative estimate of drug-likeness (QED) is 0.284. The topological polar surface area (TPSA) is 37.9 Å². The maximum absolute atomic E-state index is 6.15. The second kappa shape index (κ2) is 8.04. The summed E-state index contributed by atoms with van der Waals surface area (Å²) in [6, 6.07) is 28.6. The Hall–Kier alpha value is -3.98. The molecule has 0 unspecified atom stereocenters. The van der Waals surface area contributed by atoms with Crippen molar-refractivity contribution in [3.8, 4) is 0 Å². The first kappa shape index (κ1) is 19.0. The summed E-state index contributed by atoms with van der Waals surface area (Å²) in [7, 11) is 0. The number of fused-ring (bicyclic) bond motifs is 3. The van der Waals surface area contributed by atoms with E-state index in [0.717, 1.165) is 55.6 Å². The molecular weight excluding hydrogens is 380 g/mol. The van der Waals surface area contributed by atoms with Crippen LogP contribution < -0.4 is 0 Å². The zero-order valence-corrected chi connectivity index (χ0v) is 17.5. The molecule has 0 radical (unpaired) electrons. The molecule has 0 atom stereocenters. The maximum atomic E-state index is 6.15. The minimum absolute atomic E-state index is 0.870. The van der Waals surface area contributed by atoms with Gasteiger partial charge in [0.15, 0.2) is 0 Å². The monoisotopic (exact) mass is 402 g/mol. The van der Waals surface area contributed by atoms with Gasteiger partial charge in [-0.15, -0.1) is 0 Å². The number of furan rings is 1. The Morgan fingerprint density at radius 2 is 1.00 bits per heavy atom. The van der Waals surface area contributed by atoms with Crippen molar-refractivity contribution in [3.05, 3.63) is 107 Å². The lowest BCUT2D eigenvalue weighted by Gasteiger charge is -2.02. The Kier molecular flexibility index (Phi) is 4.93. The van der Waals surface area contributed by atoms with Gasteiger partial charge in [-0.3, -0.25) is 9.98 Å². The fourth-order valence-electron chi connectivity index (χ4n) is 3.69. The summed E-state index contributed by atoms with van der Waals surface area (Å²) in [4.78, 5) is 9.46. The number of rotatable bonds is 4. The summed E-state index contributed by atoms with van der Waals surface area (Å²) in [5, 5.41) is 2.11. The smallest absolute Gasteiger partial charge is 0.135 e. The van der Waals surface area contributed by atoms with Crippen molar-refractivity contribution in [1.29, 1.82) is 0 Å². The van der Waals surface area contributed by atoms with E-state index < -0.39 is 0 Å². The summed E-state index contributed by atoms with van der Waals surface area (Å²) >= 11 is 0. The molecule has 4 aromatic carbocycles. The average molecular weight is 402 g/mol. The van der Waals surface area contributed by atoms with Gasteiger partial charge in [0, 0.05) is 23.2 Å². The minimum Gasteiger partial charge on any atom is -0.456 e. The van der Waals surface area contributed by atoms with Crippen LogP contribution in [0.1, 0.15) is 22.3 Å². The molecule has 0 N–H and O–H groups in total. The van der Waals surface area contributed by atoms with Crippen molar-refractivity contribution in [1.82, 2.24) is 0 Å². The fraction of sp³-hybridized carbons (Fsp3) is 0.0714. The van der Waals surface area contributed by atoms with E-state index in [1.807, 2.05) is 73.1 Å². The molecule has 31 heavy (non-hydrogen) atoms. The van der Waals surface area contributed by atoms with Crippen molar-refractivity contribution in [2.24, 2.45) is 9.98 Å². The van der Waals surface area contributed by atoms with Gasteiger partial charge in [0.05, 0.1) is 11.4 Å². The van der Waals surface area contributed by atoms with Crippen LogP contribution >= 0.6 is 0 Å². The molecule has 0 saturated carbocycles. The average Bonchev–Trinajstić information content (AvgIpc) is 3.13. The van der Waals surface area contributed by atoms with Crippen LogP contribution in [0.25, 0.3) is 21.9 Å². The number of hydrogen-bond donors (Lipinski definition) is 0. The summed E-state index contributed by atoms with van der Waals surface area (Å²) in [6.07, 6.45) is 3.80. The van der Waals surface area contributed by atoms with Gasteiger partial charge in [0.25, 0.3) is 0 Å². The summed E-state index contributed by atoms with van der Waals surface area (Å²) in [6.45, 7) is 4.12. The third kappa shape index (κ3) is 3.90. The number of hydrogen-bond acceptors (Lipinski definition) is 3. The summed E-state index contributed by atoms with van der Waals surface area (Å²) in [5.41, 5.74) is 7.93. The molecule has 150 valence electrons. The second-order valence-corrected chi connectivity index (χ2v) is 7.71. The Bertz CT molecular complexity index is 1320. The lowest BCUT2D eigenvalue weighted by Crippen LogP contribution is -1.81. The number of benzene rings is 4. The largest absolute Gasteiger partial charge is 0.456 e. The summed E-state index contributed by atoms with van der Waals surface area (Å²) < 4.78 is 6.15. The van der Waals surface area contributed by atoms with Gasteiger partial charge in [-0.1, -0.05) is 60.7 Å². The predicted molar refractivity (Wildman–Crippen MR) is 131 cm³/mol. The highest BCUT2D eigenvalue weighted by molar-refractivity contribution is 6.08. The Morgan fingerprint density at radius 1 is 0.581 bits per heavy atom. The molecule has 0 amide bonds. The lowest BCUT2D eigenvalue weighted by molar-refractivity contribution is 0.668. The molecule has 0 spiro atoms. The van der Waals surface area contributed by atoms with E-state index >= 15 is 0 Å². The van der Waals surface area contributed by atoms with Crippen LogP contribution in [0.4, 0.5) is 11.4 Å². The van der Waals surface area contributed by atoms with Crippen LogP contribution in [0.2, 0.25) is 0 Å². The van der Waals surface area contributed by atoms with E-state index in [9.17, 15) is 0 Å². The van der Waals surface area contributed by atoms with Gasteiger partial charge in [0.1, 0.15) is 11.2 Å². The predicted octanol–water partition coefficient (Wildman–Crippen LogP) is 7.70. The minimum atomic E-state index is 0.870. The third-order valence-electron chi connectivity index (χ3n) is 5.41. The normalized spacial score (nSPS) is 11.9.